The zero-order valence-electron chi connectivity index (χ0n) is 13.6. The Kier molecular flexibility index (Phi) is 4.98. The van der Waals surface area contributed by atoms with Gasteiger partial charge in [-0.05, 0) is 35.9 Å². The lowest BCUT2D eigenvalue weighted by Crippen LogP contribution is -2.32. The van der Waals surface area contributed by atoms with Crippen LogP contribution in [-0.2, 0) is 5.75 Å². The van der Waals surface area contributed by atoms with Crippen molar-refractivity contribution in [1.29, 1.82) is 0 Å². The number of thioether (sulfide) groups is 1. The van der Waals surface area contributed by atoms with E-state index >= 15 is 0 Å². The Hall–Kier alpha value is -1.89. The number of halogens is 2. The van der Waals surface area contributed by atoms with Crippen LogP contribution in [0.3, 0.4) is 0 Å². The van der Waals surface area contributed by atoms with Crippen LogP contribution in [-0.4, -0.2) is 35.9 Å². The van der Waals surface area contributed by atoms with Crippen LogP contribution in [0.2, 0.25) is 10.0 Å². The highest BCUT2D eigenvalue weighted by Crippen LogP contribution is 2.33. The van der Waals surface area contributed by atoms with Crippen LogP contribution < -0.4 is 9.47 Å². The zero-order chi connectivity index (χ0) is 18.1. The standard InChI is InChI=1S/C18H14Cl2N2O3S/c19-13-3-1-12(14(20)8-13)9-26-18-21-5-6-22(18)17(23)11-2-4-15-16(7-11)25-10-24-15/h1-4,7-8H,5-6,9-10H2. The van der Waals surface area contributed by atoms with Gasteiger partial charge in [-0.15, -0.1) is 0 Å². The van der Waals surface area contributed by atoms with E-state index in [1.54, 1.807) is 35.2 Å². The molecule has 0 saturated carbocycles. The second-order valence-electron chi connectivity index (χ2n) is 5.71. The highest BCUT2D eigenvalue weighted by molar-refractivity contribution is 8.13. The molecule has 0 spiro atoms. The van der Waals surface area contributed by atoms with E-state index in [1.807, 2.05) is 6.07 Å². The van der Waals surface area contributed by atoms with Gasteiger partial charge in [-0.25, -0.2) is 0 Å². The van der Waals surface area contributed by atoms with E-state index in [-0.39, 0.29) is 12.7 Å². The third-order valence-corrected chi connectivity index (χ3v) is 5.69. The minimum Gasteiger partial charge on any atom is -0.454 e. The monoisotopic (exact) mass is 408 g/mol. The first-order valence-corrected chi connectivity index (χ1v) is 9.68. The molecule has 0 aliphatic carbocycles. The number of carbonyl (C=O) groups is 1. The van der Waals surface area contributed by atoms with Gasteiger partial charge in [-0.3, -0.25) is 14.7 Å². The van der Waals surface area contributed by atoms with Crippen LogP contribution >= 0.6 is 35.0 Å². The Bertz CT molecular complexity index is 904. The molecule has 2 aromatic carbocycles. The maximum Gasteiger partial charge on any atom is 0.260 e. The molecule has 0 N–H and O–H groups in total. The number of carbonyl (C=O) groups excluding carboxylic acids is 1. The number of hydrogen-bond donors (Lipinski definition) is 0. The molecule has 0 bridgehead atoms. The summed E-state index contributed by atoms with van der Waals surface area (Å²) in [5.74, 6) is 1.76. The summed E-state index contributed by atoms with van der Waals surface area (Å²) in [4.78, 5) is 19.0. The molecule has 4 rings (SSSR count). The summed E-state index contributed by atoms with van der Waals surface area (Å²) in [5.41, 5.74) is 1.50. The first kappa shape index (κ1) is 17.5. The number of aliphatic imine (C=N–C) groups is 1. The SMILES string of the molecule is O=C(c1ccc2c(c1)OCO2)N1CCN=C1SCc1ccc(Cl)cc1Cl. The molecule has 5 nitrogen and oxygen atoms in total. The topological polar surface area (TPSA) is 51.1 Å². The highest BCUT2D eigenvalue weighted by atomic mass is 35.5. The lowest BCUT2D eigenvalue weighted by Gasteiger charge is -2.18. The number of fused-ring (bicyclic) bond motifs is 1. The van der Waals surface area contributed by atoms with Gasteiger partial charge in [0.1, 0.15) is 0 Å². The van der Waals surface area contributed by atoms with Crippen molar-refractivity contribution >= 4 is 46.0 Å². The minimum absolute atomic E-state index is 0.103. The van der Waals surface area contributed by atoms with Crippen molar-refractivity contribution in [2.45, 2.75) is 5.75 Å². The second-order valence-corrected chi connectivity index (χ2v) is 7.50. The van der Waals surface area contributed by atoms with Gasteiger partial charge in [-0.1, -0.05) is 41.0 Å². The maximum absolute atomic E-state index is 12.9. The number of benzene rings is 2. The Morgan fingerprint density at radius 1 is 1.15 bits per heavy atom. The Morgan fingerprint density at radius 2 is 2.00 bits per heavy atom. The molecular weight excluding hydrogens is 395 g/mol. The van der Waals surface area contributed by atoms with E-state index in [0.717, 1.165) is 5.56 Å². The summed E-state index contributed by atoms with van der Waals surface area (Å²) in [6.07, 6.45) is 0. The van der Waals surface area contributed by atoms with E-state index in [9.17, 15) is 4.79 Å². The number of nitrogens with zero attached hydrogens (tertiary/aromatic N) is 2. The molecular formula is C18H14Cl2N2O3S. The lowest BCUT2D eigenvalue weighted by atomic mass is 10.2. The molecule has 1 amide bonds. The van der Waals surface area contributed by atoms with Gasteiger partial charge in [0.25, 0.3) is 5.91 Å². The van der Waals surface area contributed by atoms with Gasteiger partial charge in [-0.2, -0.15) is 0 Å². The van der Waals surface area contributed by atoms with E-state index in [2.05, 4.69) is 4.99 Å². The van der Waals surface area contributed by atoms with Crippen LogP contribution in [0.5, 0.6) is 11.5 Å². The first-order valence-electron chi connectivity index (χ1n) is 7.94. The largest absolute Gasteiger partial charge is 0.454 e. The second kappa shape index (κ2) is 7.39. The van der Waals surface area contributed by atoms with Crippen LogP contribution in [0, 0.1) is 0 Å². The maximum atomic E-state index is 12.9. The highest BCUT2D eigenvalue weighted by Gasteiger charge is 2.27. The van der Waals surface area contributed by atoms with Gasteiger partial charge in [0, 0.05) is 27.9 Å². The molecule has 0 unspecified atom stereocenters. The molecule has 0 saturated heterocycles. The number of amides is 1. The van der Waals surface area contributed by atoms with Crippen molar-refractivity contribution in [2.75, 3.05) is 19.9 Å². The molecule has 2 aromatic rings. The van der Waals surface area contributed by atoms with Gasteiger partial charge in [0.15, 0.2) is 16.7 Å². The molecule has 134 valence electrons. The average Bonchev–Trinajstić information content (AvgIpc) is 3.28. The van der Waals surface area contributed by atoms with Gasteiger partial charge in [0.2, 0.25) is 6.79 Å². The van der Waals surface area contributed by atoms with Crippen molar-refractivity contribution < 1.29 is 14.3 Å². The van der Waals surface area contributed by atoms with Crippen LogP contribution in [0.4, 0.5) is 0 Å². The number of hydrogen-bond acceptors (Lipinski definition) is 5. The van der Waals surface area contributed by atoms with Crippen molar-refractivity contribution in [2.24, 2.45) is 4.99 Å². The quantitative estimate of drug-likeness (QED) is 0.751. The molecule has 2 heterocycles. The van der Waals surface area contributed by atoms with E-state index in [1.165, 1.54) is 11.8 Å². The Morgan fingerprint density at radius 3 is 2.85 bits per heavy atom. The zero-order valence-corrected chi connectivity index (χ0v) is 15.9. The fourth-order valence-electron chi connectivity index (χ4n) is 2.71. The third kappa shape index (κ3) is 3.49. The summed E-state index contributed by atoms with van der Waals surface area (Å²) in [6, 6.07) is 10.6. The van der Waals surface area contributed by atoms with Gasteiger partial charge >= 0.3 is 0 Å². The van der Waals surface area contributed by atoms with Crippen molar-refractivity contribution in [1.82, 2.24) is 4.90 Å². The van der Waals surface area contributed by atoms with Crippen molar-refractivity contribution in [3.05, 3.63) is 57.6 Å². The molecule has 2 aliphatic heterocycles. The fraction of sp³-hybridized carbons (Fsp3) is 0.222. The van der Waals surface area contributed by atoms with Crippen LogP contribution in [0.1, 0.15) is 15.9 Å². The van der Waals surface area contributed by atoms with Gasteiger partial charge < -0.3 is 9.47 Å². The van der Waals surface area contributed by atoms with Crippen LogP contribution in [0.25, 0.3) is 0 Å². The van der Waals surface area contributed by atoms with E-state index < -0.39 is 0 Å². The summed E-state index contributed by atoms with van der Waals surface area (Å²) in [6.45, 7) is 1.33. The molecule has 0 aromatic heterocycles. The predicted octanol–water partition coefficient (Wildman–Crippen LogP) is 4.47. The number of rotatable bonds is 3. The molecule has 0 radical (unpaired) electrons. The third-order valence-electron chi connectivity index (χ3n) is 4.04. The molecule has 0 fully saturated rings. The van der Waals surface area contributed by atoms with Gasteiger partial charge in [0.05, 0.1) is 6.54 Å². The Labute approximate surface area is 164 Å². The summed E-state index contributed by atoms with van der Waals surface area (Å²) in [5, 5.41) is 1.90. The molecule has 8 heteroatoms. The summed E-state index contributed by atoms with van der Waals surface area (Å²) < 4.78 is 10.6. The summed E-state index contributed by atoms with van der Waals surface area (Å²) in [7, 11) is 0. The van der Waals surface area contributed by atoms with Crippen molar-refractivity contribution in [3.63, 3.8) is 0 Å². The fourth-order valence-corrected chi connectivity index (χ4v) is 4.31. The normalized spacial score (nSPS) is 15.3. The van der Waals surface area contributed by atoms with E-state index in [4.69, 9.17) is 32.7 Å². The minimum atomic E-state index is -0.103. The van der Waals surface area contributed by atoms with Crippen LogP contribution in [0.15, 0.2) is 41.4 Å². The Balaban J connectivity index is 1.47. The molecule has 2 aliphatic rings. The molecule has 26 heavy (non-hydrogen) atoms. The number of amidine groups is 1. The summed E-state index contributed by atoms with van der Waals surface area (Å²) >= 11 is 13.6. The first-order chi connectivity index (χ1) is 12.6. The lowest BCUT2D eigenvalue weighted by molar-refractivity contribution is 0.0860. The van der Waals surface area contributed by atoms with Crippen molar-refractivity contribution in [3.8, 4) is 11.5 Å². The molecule has 0 atom stereocenters. The smallest absolute Gasteiger partial charge is 0.260 e. The van der Waals surface area contributed by atoms with E-state index in [0.29, 0.717) is 51.1 Å². The number of ether oxygens (including phenoxy) is 2. The predicted molar refractivity (Wildman–Crippen MR) is 104 cm³/mol. The average molecular weight is 409 g/mol.